The van der Waals surface area contributed by atoms with Gasteiger partial charge in [-0.2, -0.15) is 27.8 Å². The maximum absolute atomic E-state index is 13.1. The second kappa shape index (κ2) is 6.36. The highest BCUT2D eigenvalue weighted by Gasteiger charge is 2.34. The predicted molar refractivity (Wildman–Crippen MR) is 85.2 cm³/mol. The van der Waals surface area contributed by atoms with Crippen molar-refractivity contribution < 1.29 is 22.6 Å². The van der Waals surface area contributed by atoms with E-state index in [1.54, 1.807) is 6.07 Å². The monoisotopic (exact) mass is 365 g/mol. The van der Waals surface area contributed by atoms with Crippen LogP contribution in [0.1, 0.15) is 17.7 Å². The summed E-state index contributed by atoms with van der Waals surface area (Å²) in [5, 5.41) is 6.87. The molecule has 7 nitrogen and oxygen atoms in total. The number of anilines is 1. The van der Waals surface area contributed by atoms with E-state index in [1.165, 1.54) is 4.52 Å². The Morgan fingerprint density at radius 3 is 2.88 bits per heavy atom. The van der Waals surface area contributed by atoms with Crippen LogP contribution in [0.2, 0.25) is 0 Å². The van der Waals surface area contributed by atoms with E-state index in [0.717, 1.165) is 24.4 Å². The number of hydrogen-bond acceptors (Lipinski definition) is 6. The molecule has 3 aromatic rings. The van der Waals surface area contributed by atoms with E-state index >= 15 is 0 Å². The quantitative estimate of drug-likeness (QED) is 0.769. The molecular formula is C16H14F3N5O2. The minimum atomic E-state index is -4.58. The van der Waals surface area contributed by atoms with Gasteiger partial charge in [0, 0.05) is 24.6 Å². The average molecular weight is 365 g/mol. The van der Waals surface area contributed by atoms with Crippen LogP contribution in [-0.2, 0) is 12.7 Å². The van der Waals surface area contributed by atoms with Gasteiger partial charge in [0.05, 0.1) is 13.2 Å². The Hall–Kier alpha value is -3.04. The smallest absolute Gasteiger partial charge is 0.433 e. The van der Waals surface area contributed by atoms with Crippen LogP contribution in [0.4, 0.5) is 19.0 Å². The van der Waals surface area contributed by atoms with Crippen LogP contribution in [0.15, 0.2) is 30.6 Å². The number of fused-ring (bicyclic) bond motifs is 2. The average Bonchev–Trinajstić information content (AvgIpc) is 2.95. The SMILES string of the molecule is FC(F)(F)c1cc(NCc2cccc3c2OCCCO3)n2ncnc2n1. The molecule has 1 aromatic carbocycles. The van der Waals surface area contributed by atoms with Crippen molar-refractivity contribution in [3.63, 3.8) is 0 Å². The van der Waals surface area contributed by atoms with Gasteiger partial charge in [-0.25, -0.2) is 4.98 Å². The zero-order valence-corrected chi connectivity index (χ0v) is 13.5. The molecule has 0 saturated carbocycles. The van der Waals surface area contributed by atoms with Crippen molar-refractivity contribution in [2.24, 2.45) is 0 Å². The summed E-state index contributed by atoms with van der Waals surface area (Å²) in [6.45, 7) is 1.30. The third kappa shape index (κ3) is 3.09. The zero-order valence-electron chi connectivity index (χ0n) is 13.5. The van der Waals surface area contributed by atoms with Gasteiger partial charge in [0.2, 0.25) is 0 Å². The first-order valence-electron chi connectivity index (χ1n) is 7.92. The molecule has 0 aliphatic carbocycles. The molecule has 1 aliphatic heterocycles. The lowest BCUT2D eigenvalue weighted by atomic mass is 10.2. The molecule has 136 valence electrons. The molecule has 0 bridgehead atoms. The fraction of sp³-hybridized carbons (Fsp3) is 0.312. The summed E-state index contributed by atoms with van der Waals surface area (Å²) in [4.78, 5) is 7.23. The first-order chi connectivity index (χ1) is 12.5. The first kappa shape index (κ1) is 16.4. The molecule has 0 unspecified atom stereocenters. The number of para-hydroxylation sites is 1. The van der Waals surface area contributed by atoms with Crippen LogP contribution in [0, 0.1) is 0 Å². The molecule has 3 heterocycles. The fourth-order valence-electron chi connectivity index (χ4n) is 2.66. The van der Waals surface area contributed by atoms with Gasteiger partial charge >= 0.3 is 6.18 Å². The van der Waals surface area contributed by atoms with Gasteiger partial charge in [-0.3, -0.25) is 0 Å². The van der Waals surface area contributed by atoms with E-state index in [-0.39, 0.29) is 18.1 Å². The predicted octanol–water partition coefficient (Wildman–Crippen LogP) is 2.92. The van der Waals surface area contributed by atoms with Crippen molar-refractivity contribution in [3.05, 3.63) is 41.9 Å². The Morgan fingerprint density at radius 1 is 1.19 bits per heavy atom. The van der Waals surface area contributed by atoms with E-state index in [1.807, 2.05) is 12.1 Å². The van der Waals surface area contributed by atoms with Crippen molar-refractivity contribution in [2.75, 3.05) is 18.5 Å². The van der Waals surface area contributed by atoms with E-state index in [2.05, 4.69) is 20.4 Å². The standard InChI is InChI=1S/C16H14F3N5O2/c17-16(18,19)12-7-13(24-15(23-12)21-9-22-24)20-8-10-3-1-4-11-14(10)26-6-2-5-25-11/h1,3-4,7,9,20H,2,5-6,8H2. The molecule has 0 fully saturated rings. The Balaban J connectivity index is 1.66. The topological polar surface area (TPSA) is 73.6 Å². The lowest BCUT2D eigenvalue weighted by Gasteiger charge is -2.15. The third-order valence-electron chi connectivity index (χ3n) is 3.86. The van der Waals surface area contributed by atoms with Crippen molar-refractivity contribution in [2.45, 2.75) is 19.1 Å². The first-order valence-corrected chi connectivity index (χ1v) is 7.92. The second-order valence-corrected chi connectivity index (χ2v) is 5.64. The van der Waals surface area contributed by atoms with Gasteiger partial charge in [-0.15, -0.1) is 0 Å². The highest BCUT2D eigenvalue weighted by molar-refractivity contribution is 5.50. The van der Waals surface area contributed by atoms with Crippen LogP contribution >= 0.6 is 0 Å². The number of ether oxygens (including phenoxy) is 2. The van der Waals surface area contributed by atoms with Crippen LogP contribution in [-0.4, -0.2) is 32.8 Å². The van der Waals surface area contributed by atoms with Crippen LogP contribution < -0.4 is 14.8 Å². The number of nitrogens with zero attached hydrogens (tertiary/aromatic N) is 4. The lowest BCUT2D eigenvalue weighted by molar-refractivity contribution is -0.141. The zero-order chi connectivity index (χ0) is 18.1. The van der Waals surface area contributed by atoms with Crippen LogP contribution in [0.5, 0.6) is 11.5 Å². The summed E-state index contributed by atoms with van der Waals surface area (Å²) in [5.74, 6) is 1.22. The maximum Gasteiger partial charge on any atom is 0.433 e. The summed E-state index contributed by atoms with van der Waals surface area (Å²) >= 11 is 0. The maximum atomic E-state index is 13.1. The summed E-state index contributed by atoms with van der Waals surface area (Å²) in [6.07, 6.45) is -2.66. The molecule has 0 amide bonds. The number of halogens is 3. The summed E-state index contributed by atoms with van der Waals surface area (Å²) < 4.78 is 51.7. The lowest BCUT2D eigenvalue weighted by Crippen LogP contribution is -2.13. The molecule has 0 atom stereocenters. The van der Waals surface area contributed by atoms with E-state index in [0.29, 0.717) is 24.7 Å². The van der Waals surface area contributed by atoms with Gasteiger partial charge in [0.25, 0.3) is 5.78 Å². The fourth-order valence-corrected chi connectivity index (χ4v) is 2.66. The summed E-state index contributed by atoms with van der Waals surface area (Å²) in [6, 6.07) is 6.34. The van der Waals surface area contributed by atoms with E-state index in [9.17, 15) is 13.2 Å². The molecule has 0 saturated heterocycles. The molecule has 2 aromatic heterocycles. The minimum Gasteiger partial charge on any atom is -0.490 e. The second-order valence-electron chi connectivity index (χ2n) is 5.64. The van der Waals surface area contributed by atoms with E-state index in [4.69, 9.17) is 9.47 Å². The highest BCUT2D eigenvalue weighted by atomic mass is 19.4. The normalized spacial score (nSPS) is 14.3. The molecular weight excluding hydrogens is 351 g/mol. The van der Waals surface area contributed by atoms with Gasteiger partial charge in [0.1, 0.15) is 12.1 Å². The number of hydrogen-bond donors (Lipinski definition) is 1. The molecule has 0 spiro atoms. The molecule has 26 heavy (non-hydrogen) atoms. The number of rotatable bonds is 3. The largest absolute Gasteiger partial charge is 0.490 e. The molecule has 0 radical (unpaired) electrons. The Labute approximate surface area is 145 Å². The van der Waals surface area contributed by atoms with Gasteiger partial charge in [0.15, 0.2) is 17.2 Å². The number of nitrogens with one attached hydrogen (secondary N) is 1. The Morgan fingerprint density at radius 2 is 2.04 bits per heavy atom. The van der Waals surface area contributed by atoms with Crippen molar-refractivity contribution in [1.29, 1.82) is 0 Å². The number of aromatic nitrogens is 4. The van der Waals surface area contributed by atoms with Crippen molar-refractivity contribution in [1.82, 2.24) is 19.6 Å². The number of benzene rings is 1. The highest BCUT2D eigenvalue weighted by Crippen LogP contribution is 2.34. The Kier molecular flexibility index (Phi) is 4.02. The number of alkyl halides is 3. The molecule has 4 rings (SSSR count). The van der Waals surface area contributed by atoms with Crippen molar-refractivity contribution in [3.8, 4) is 11.5 Å². The van der Waals surface area contributed by atoms with Gasteiger partial charge in [-0.1, -0.05) is 12.1 Å². The van der Waals surface area contributed by atoms with Crippen LogP contribution in [0.25, 0.3) is 5.78 Å². The minimum absolute atomic E-state index is 0.131. The molecule has 1 aliphatic rings. The van der Waals surface area contributed by atoms with Gasteiger partial charge in [-0.05, 0) is 6.07 Å². The van der Waals surface area contributed by atoms with Crippen LogP contribution in [0.3, 0.4) is 0 Å². The molecule has 1 N–H and O–H groups in total. The summed E-state index contributed by atoms with van der Waals surface area (Å²) in [7, 11) is 0. The van der Waals surface area contributed by atoms with E-state index < -0.39 is 11.9 Å². The summed E-state index contributed by atoms with van der Waals surface area (Å²) in [5.41, 5.74) is -0.269. The third-order valence-corrected chi connectivity index (χ3v) is 3.86. The molecule has 10 heteroatoms. The Bertz CT molecular complexity index is 941. The van der Waals surface area contributed by atoms with Crippen molar-refractivity contribution >= 4 is 11.6 Å². The van der Waals surface area contributed by atoms with Gasteiger partial charge < -0.3 is 14.8 Å².